The van der Waals surface area contributed by atoms with Crippen molar-refractivity contribution in [3.05, 3.63) is 65.4 Å². The van der Waals surface area contributed by atoms with E-state index in [0.29, 0.717) is 0 Å². The van der Waals surface area contributed by atoms with E-state index in [4.69, 9.17) is 9.72 Å². The average Bonchev–Trinajstić information content (AvgIpc) is 3.06. The number of hydrogen-bond donors (Lipinski definition) is 0. The molecule has 28 heavy (non-hydrogen) atoms. The van der Waals surface area contributed by atoms with Gasteiger partial charge in [0.2, 0.25) is 0 Å². The van der Waals surface area contributed by atoms with Gasteiger partial charge in [-0.1, -0.05) is 0 Å². The van der Waals surface area contributed by atoms with Crippen LogP contribution < -0.4 is 9.64 Å². The molecule has 0 unspecified atom stereocenters. The molecule has 1 aliphatic heterocycles. The third-order valence-corrected chi connectivity index (χ3v) is 5.99. The molecule has 146 valence electrons. The number of aromatic nitrogens is 1. The van der Waals surface area contributed by atoms with Gasteiger partial charge in [0.25, 0.3) is 0 Å². The van der Waals surface area contributed by atoms with Gasteiger partial charge in [0.05, 0.1) is 12.8 Å². The molecule has 0 amide bonds. The Bertz CT molecular complexity index is 895. The van der Waals surface area contributed by atoms with Gasteiger partial charge in [0.15, 0.2) is 0 Å². The van der Waals surface area contributed by atoms with Gasteiger partial charge < -0.3 is 9.64 Å². The minimum atomic E-state index is -0.216. The van der Waals surface area contributed by atoms with E-state index >= 15 is 0 Å². The van der Waals surface area contributed by atoms with Gasteiger partial charge in [-0.05, 0) is 55.0 Å². The molecule has 3 aromatic rings. The Labute approximate surface area is 169 Å². The summed E-state index contributed by atoms with van der Waals surface area (Å²) in [4.78, 5) is 9.66. The fourth-order valence-electron chi connectivity index (χ4n) is 3.51. The van der Waals surface area contributed by atoms with Crippen LogP contribution in [0.2, 0.25) is 0 Å². The molecule has 1 fully saturated rings. The van der Waals surface area contributed by atoms with Crippen LogP contribution in [0.1, 0.15) is 12.1 Å². The molecule has 1 aromatic heterocycles. The van der Waals surface area contributed by atoms with E-state index < -0.39 is 0 Å². The van der Waals surface area contributed by atoms with Gasteiger partial charge >= 0.3 is 0 Å². The maximum atomic E-state index is 13.1. The quantitative estimate of drug-likeness (QED) is 0.626. The van der Waals surface area contributed by atoms with Crippen molar-refractivity contribution in [3.8, 4) is 16.3 Å². The number of benzene rings is 2. The van der Waals surface area contributed by atoms with Gasteiger partial charge in [-0.25, -0.2) is 9.37 Å². The van der Waals surface area contributed by atoms with Crippen molar-refractivity contribution in [1.29, 1.82) is 0 Å². The molecule has 0 aliphatic carbocycles. The summed E-state index contributed by atoms with van der Waals surface area (Å²) in [5.74, 6) is 0.673. The van der Waals surface area contributed by atoms with Crippen molar-refractivity contribution < 1.29 is 9.13 Å². The summed E-state index contributed by atoms with van der Waals surface area (Å²) in [5.41, 5.74) is 3.30. The molecule has 0 bridgehead atoms. The van der Waals surface area contributed by atoms with Crippen molar-refractivity contribution in [1.82, 2.24) is 9.88 Å². The van der Waals surface area contributed by atoms with Crippen LogP contribution in [0, 0.1) is 5.82 Å². The van der Waals surface area contributed by atoms with Gasteiger partial charge in [-0.15, -0.1) is 11.3 Å². The molecule has 6 heteroatoms. The molecule has 1 saturated heterocycles. The first-order chi connectivity index (χ1) is 13.7. The van der Waals surface area contributed by atoms with Crippen molar-refractivity contribution >= 4 is 17.0 Å². The number of thiazole rings is 1. The fraction of sp³-hybridized carbons (Fsp3) is 0.318. The van der Waals surface area contributed by atoms with Crippen LogP contribution in [0.4, 0.5) is 10.1 Å². The zero-order chi connectivity index (χ0) is 19.3. The number of anilines is 1. The summed E-state index contributed by atoms with van der Waals surface area (Å²) < 4.78 is 18.4. The van der Waals surface area contributed by atoms with Gasteiger partial charge in [-0.2, -0.15) is 0 Å². The second-order valence-electron chi connectivity index (χ2n) is 6.97. The monoisotopic (exact) mass is 397 g/mol. The van der Waals surface area contributed by atoms with Crippen LogP contribution in [0.25, 0.3) is 10.6 Å². The summed E-state index contributed by atoms with van der Waals surface area (Å²) in [6, 6.07) is 14.8. The smallest absolute Gasteiger partial charge is 0.123 e. The highest BCUT2D eigenvalue weighted by molar-refractivity contribution is 7.13. The van der Waals surface area contributed by atoms with Crippen LogP contribution in [0.15, 0.2) is 53.9 Å². The van der Waals surface area contributed by atoms with Gasteiger partial charge in [0.1, 0.15) is 16.6 Å². The highest BCUT2D eigenvalue weighted by Crippen LogP contribution is 2.25. The minimum Gasteiger partial charge on any atom is -0.497 e. The lowest BCUT2D eigenvalue weighted by Crippen LogP contribution is -2.30. The number of methoxy groups -OCH3 is 1. The Morgan fingerprint density at radius 2 is 1.79 bits per heavy atom. The van der Waals surface area contributed by atoms with E-state index in [0.717, 1.165) is 61.2 Å². The number of rotatable bonds is 5. The highest BCUT2D eigenvalue weighted by Gasteiger charge is 2.17. The molecular formula is C22H24FN3OS. The molecule has 4 nitrogen and oxygen atoms in total. The zero-order valence-corrected chi connectivity index (χ0v) is 16.8. The predicted molar refractivity (Wildman–Crippen MR) is 113 cm³/mol. The van der Waals surface area contributed by atoms with E-state index in [9.17, 15) is 4.39 Å². The van der Waals surface area contributed by atoms with Crippen molar-refractivity contribution in [3.63, 3.8) is 0 Å². The van der Waals surface area contributed by atoms with Crippen molar-refractivity contribution in [2.24, 2.45) is 0 Å². The van der Waals surface area contributed by atoms with Gasteiger partial charge in [-0.3, -0.25) is 4.90 Å². The molecular weight excluding hydrogens is 373 g/mol. The first kappa shape index (κ1) is 18.9. The maximum Gasteiger partial charge on any atom is 0.123 e. The Kier molecular flexibility index (Phi) is 5.88. The van der Waals surface area contributed by atoms with Gasteiger partial charge in [0, 0.05) is 49.4 Å². The molecule has 0 atom stereocenters. The summed E-state index contributed by atoms with van der Waals surface area (Å²) >= 11 is 1.62. The number of ether oxygens (including phenoxy) is 1. The lowest BCUT2D eigenvalue weighted by Gasteiger charge is -2.23. The fourth-order valence-corrected chi connectivity index (χ4v) is 4.33. The van der Waals surface area contributed by atoms with Crippen molar-refractivity contribution in [2.75, 3.05) is 38.2 Å². The second-order valence-corrected chi connectivity index (χ2v) is 7.82. The van der Waals surface area contributed by atoms with E-state index in [2.05, 4.69) is 27.3 Å². The third-order valence-electron chi connectivity index (χ3n) is 5.05. The maximum absolute atomic E-state index is 13.1. The van der Waals surface area contributed by atoms with E-state index in [1.807, 2.05) is 12.1 Å². The molecule has 2 heterocycles. The number of halogens is 1. The topological polar surface area (TPSA) is 28.6 Å². The second kappa shape index (κ2) is 8.71. The number of hydrogen-bond acceptors (Lipinski definition) is 5. The molecule has 0 spiro atoms. The normalized spacial score (nSPS) is 15.4. The van der Waals surface area contributed by atoms with Crippen LogP contribution in [-0.4, -0.2) is 43.2 Å². The first-order valence-corrected chi connectivity index (χ1v) is 10.4. The summed E-state index contributed by atoms with van der Waals surface area (Å²) in [6.45, 7) is 4.99. The largest absolute Gasteiger partial charge is 0.497 e. The first-order valence-electron chi connectivity index (χ1n) is 9.53. The minimum absolute atomic E-state index is 0.216. The highest BCUT2D eigenvalue weighted by atomic mass is 32.1. The average molecular weight is 398 g/mol. The van der Waals surface area contributed by atoms with E-state index in [1.165, 1.54) is 17.8 Å². The standard InChI is InChI=1S/C22H24FN3OS/c1-27-21-9-7-20(8-10-21)26-12-2-11-25(13-14-26)15-19-16-28-22(24-19)17-3-5-18(23)6-4-17/h3-10,16H,2,11-15H2,1H3. The molecule has 1 aliphatic rings. The Hall–Kier alpha value is -2.44. The summed E-state index contributed by atoms with van der Waals surface area (Å²) in [6.07, 6.45) is 1.13. The number of nitrogens with zero attached hydrogens (tertiary/aromatic N) is 3. The van der Waals surface area contributed by atoms with Crippen LogP contribution in [0.3, 0.4) is 0 Å². The Morgan fingerprint density at radius 3 is 2.54 bits per heavy atom. The van der Waals surface area contributed by atoms with E-state index in [1.54, 1.807) is 30.6 Å². The molecule has 2 aromatic carbocycles. The third kappa shape index (κ3) is 4.51. The molecule has 0 saturated carbocycles. The lowest BCUT2D eigenvalue weighted by atomic mass is 10.2. The Balaban J connectivity index is 1.36. The Morgan fingerprint density at radius 1 is 1.00 bits per heavy atom. The molecule has 0 radical (unpaired) electrons. The zero-order valence-electron chi connectivity index (χ0n) is 16.0. The summed E-state index contributed by atoms with van der Waals surface area (Å²) in [5, 5.41) is 3.06. The summed E-state index contributed by atoms with van der Waals surface area (Å²) in [7, 11) is 1.69. The van der Waals surface area contributed by atoms with Crippen LogP contribution >= 0.6 is 11.3 Å². The van der Waals surface area contributed by atoms with E-state index in [-0.39, 0.29) is 5.82 Å². The van der Waals surface area contributed by atoms with Crippen LogP contribution in [0.5, 0.6) is 5.75 Å². The lowest BCUT2D eigenvalue weighted by molar-refractivity contribution is 0.282. The SMILES string of the molecule is COc1ccc(N2CCCN(Cc3csc(-c4ccc(F)cc4)n3)CC2)cc1. The van der Waals surface area contributed by atoms with Crippen molar-refractivity contribution in [2.45, 2.75) is 13.0 Å². The molecule has 4 rings (SSSR count). The predicted octanol–water partition coefficient (Wildman–Crippen LogP) is 4.67. The molecule has 0 N–H and O–H groups in total. The van der Waals surface area contributed by atoms with Crippen LogP contribution in [-0.2, 0) is 6.54 Å².